The number of alkyl carbamates (subject to hydrolysis) is 1. The van der Waals surface area contributed by atoms with Gasteiger partial charge in [-0.25, -0.2) is 9.78 Å². The number of thiazole rings is 1. The fourth-order valence-corrected chi connectivity index (χ4v) is 4.87. The second-order valence-corrected chi connectivity index (χ2v) is 9.21. The summed E-state index contributed by atoms with van der Waals surface area (Å²) in [7, 11) is 0. The zero-order valence-corrected chi connectivity index (χ0v) is 18.8. The van der Waals surface area contributed by atoms with Crippen molar-refractivity contribution in [3.05, 3.63) is 34.2 Å². The summed E-state index contributed by atoms with van der Waals surface area (Å²) >= 11 is 1.62. The van der Waals surface area contributed by atoms with E-state index in [1.165, 1.54) is 4.88 Å². The number of aromatic amines is 1. The van der Waals surface area contributed by atoms with E-state index in [0.29, 0.717) is 12.4 Å². The number of H-pyrrole nitrogens is 1. The van der Waals surface area contributed by atoms with Crippen LogP contribution in [0, 0.1) is 13.8 Å². The molecule has 0 spiro atoms. The summed E-state index contributed by atoms with van der Waals surface area (Å²) < 4.78 is 7.50. The Labute approximate surface area is 184 Å². The van der Waals surface area contributed by atoms with Gasteiger partial charge in [-0.2, -0.15) is 5.10 Å². The lowest BCUT2D eigenvalue weighted by atomic mass is 10.0. The Morgan fingerprint density at radius 3 is 2.97 bits per heavy atom. The number of aryl methyl sites for hydroxylation is 2. The van der Waals surface area contributed by atoms with E-state index >= 15 is 0 Å². The normalized spacial score (nSPS) is 18.4. The number of aromatic nitrogens is 4. The minimum Gasteiger partial charge on any atom is -0.446 e. The molecule has 10 heteroatoms. The lowest BCUT2D eigenvalue weighted by Crippen LogP contribution is -2.28. The van der Waals surface area contributed by atoms with E-state index in [4.69, 9.17) is 4.74 Å². The van der Waals surface area contributed by atoms with E-state index in [2.05, 4.69) is 32.7 Å². The first-order valence-electron chi connectivity index (χ1n) is 10.7. The molecular weight excluding hydrogens is 416 g/mol. The van der Waals surface area contributed by atoms with Gasteiger partial charge in [0, 0.05) is 41.0 Å². The van der Waals surface area contributed by atoms with Crippen molar-refractivity contribution in [3.63, 3.8) is 0 Å². The number of imidazole rings is 1. The number of fused-ring (bicyclic) bond motifs is 1. The van der Waals surface area contributed by atoms with Crippen molar-refractivity contribution in [2.45, 2.75) is 64.9 Å². The lowest BCUT2D eigenvalue weighted by molar-refractivity contribution is -0.115. The van der Waals surface area contributed by atoms with Crippen molar-refractivity contribution in [2.75, 3.05) is 11.9 Å². The van der Waals surface area contributed by atoms with Crippen molar-refractivity contribution in [1.82, 2.24) is 24.9 Å². The van der Waals surface area contributed by atoms with Crippen molar-refractivity contribution in [1.29, 1.82) is 0 Å². The van der Waals surface area contributed by atoms with Gasteiger partial charge in [0.1, 0.15) is 6.10 Å². The summed E-state index contributed by atoms with van der Waals surface area (Å²) in [5.74, 6) is 0.574. The second kappa shape index (κ2) is 9.09. The van der Waals surface area contributed by atoms with Crippen LogP contribution < -0.4 is 10.6 Å². The number of nitrogens with zero attached hydrogens (tertiary/aromatic N) is 3. The molecule has 2 atom stereocenters. The van der Waals surface area contributed by atoms with Crippen molar-refractivity contribution in [3.8, 4) is 0 Å². The molecule has 0 bridgehead atoms. The van der Waals surface area contributed by atoms with Gasteiger partial charge < -0.3 is 15.4 Å². The molecule has 1 unspecified atom stereocenters. The molecule has 9 nitrogen and oxygen atoms in total. The highest BCUT2D eigenvalue weighted by atomic mass is 32.1. The molecule has 1 aliphatic carbocycles. The Hall–Kier alpha value is -2.88. The smallest absolute Gasteiger partial charge is 0.407 e. The number of hydrogen-bond acceptors (Lipinski definition) is 6. The first kappa shape index (κ1) is 21.4. The second-order valence-electron chi connectivity index (χ2n) is 8.03. The molecule has 3 N–H and O–H groups in total. The molecule has 0 aliphatic heterocycles. The summed E-state index contributed by atoms with van der Waals surface area (Å²) in [4.78, 5) is 30.9. The number of hydrogen-bond donors (Lipinski definition) is 3. The van der Waals surface area contributed by atoms with Gasteiger partial charge in [0.25, 0.3) is 0 Å². The van der Waals surface area contributed by atoms with Gasteiger partial charge in [0.05, 0.1) is 12.1 Å². The molecule has 166 valence electrons. The summed E-state index contributed by atoms with van der Waals surface area (Å²) in [6, 6.07) is 1.86. The Morgan fingerprint density at radius 2 is 2.19 bits per heavy atom. The van der Waals surface area contributed by atoms with E-state index in [0.717, 1.165) is 47.7 Å². The van der Waals surface area contributed by atoms with Crippen molar-refractivity contribution in [2.24, 2.45) is 0 Å². The minimum absolute atomic E-state index is 0.0925. The number of ether oxygens (including phenoxy) is 1. The van der Waals surface area contributed by atoms with Crippen LogP contribution in [0.2, 0.25) is 0 Å². The number of nitrogens with one attached hydrogen (secondary N) is 3. The van der Waals surface area contributed by atoms with Crippen LogP contribution in [0.4, 0.5) is 10.6 Å². The predicted molar refractivity (Wildman–Crippen MR) is 119 cm³/mol. The van der Waals surface area contributed by atoms with E-state index < -0.39 is 0 Å². The van der Waals surface area contributed by atoms with Gasteiger partial charge in [0.15, 0.2) is 10.8 Å². The Kier molecular flexibility index (Phi) is 6.26. The molecule has 0 saturated heterocycles. The van der Waals surface area contributed by atoms with E-state index in [1.807, 2.05) is 30.5 Å². The number of amides is 2. The molecule has 31 heavy (non-hydrogen) atoms. The molecule has 1 saturated carbocycles. The maximum absolute atomic E-state index is 12.4. The van der Waals surface area contributed by atoms with Crippen molar-refractivity contribution < 1.29 is 14.3 Å². The van der Waals surface area contributed by atoms with Crippen LogP contribution in [0.25, 0.3) is 4.96 Å². The van der Waals surface area contributed by atoms with Gasteiger partial charge in [0.2, 0.25) is 5.91 Å². The predicted octanol–water partition coefficient (Wildman–Crippen LogP) is 3.69. The van der Waals surface area contributed by atoms with E-state index in [1.54, 1.807) is 11.3 Å². The molecule has 4 rings (SSSR count). The van der Waals surface area contributed by atoms with Gasteiger partial charge >= 0.3 is 6.09 Å². The fourth-order valence-electron chi connectivity index (χ4n) is 3.90. The Balaban J connectivity index is 1.29. The average Bonchev–Trinajstić information content (AvgIpc) is 3.49. The van der Waals surface area contributed by atoms with Crippen LogP contribution >= 0.6 is 11.3 Å². The molecule has 0 aromatic carbocycles. The third kappa shape index (κ3) is 4.90. The maximum Gasteiger partial charge on any atom is 0.407 e. The largest absolute Gasteiger partial charge is 0.446 e. The quantitative estimate of drug-likeness (QED) is 0.514. The number of rotatable bonds is 7. The summed E-state index contributed by atoms with van der Waals surface area (Å²) in [6.45, 7) is 6.73. The number of anilines is 1. The van der Waals surface area contributed by atoms with Crippen LogP contribution in [-0.2, 0) is 16.0 Å². The zero-order chi connectivity index (χ0) is 22.0. The fraction of sp³-hybridized carbons (Fsp3) is 0.524. The first-order chi connectivity index (χ1) is 14.9. The van der Waals surface area contributed by atoms with Crippen LogP contribution in [0.15, 0.2) is 12.3 Å². The number of carbonyl (C=O) groups is 2. The SMILES string of the molecule is CCCNC(=O)OC1CC[C@@H](c2cc(NC(=O)Cc3cn4c(C)c(C)sc4n3)n[nH]2)C1. The molecule has 3 aromatic heterocycles. The summed E-state index contributed by atoms with van der Waals surface area (Å²) in [6.07, 6.45) is 5.02. The van der Waals surface area contributed by atoms with Gasteiger partial charge in [-0.1, -0.05) is 6.92 Å². The summed E-state index contributed by atoms with van der Waals surface area (Å²) in [5, 5.41) is 12.8. The molecular formula is C21H28N6O3S. The first-order valence-corrected chi connectivity index (χ1v) is 11.5. The molecule has 2 amide bonds. The maximum atomic E-state index is 12.4. The average molecular weight is 445 g/mol. The summed E-state index contributed by atoms with van der Waals surface area (Å²) in [5.41, 5.74) is 2.83. The third-order valence-corrected chi connectivity index (χ3v) is 6.74. The van der Waals surface area contributed by atoms with E-state index in [-0.39, 0.29) is 30.4 Å². The zero-order valence-electron chi connectivity index (χ0n) is 18.0. The number of carbonyl (C=O) groups excluding carboxylic acids is 2. The van der Waals surface area contributed by atoms with Crippen LogP contribution in [0.5, 0.6) is 0 Å². The van der Waals surface area contributed by atoms with Crippen LogP contribution in [0.1, 0.15) is 60.5 Å². The highest BCUT2D eigenvalue weighted by Crippen LogP contribution is 2.35. The van der Waals surface area contributed by atoms with Gasteiger partial charge in [-0.3, -0.25) is 14.3 Å². The molecule has 3 heterocycles. The van der Waals surface area contributed by atoms with E-state index in [9.17, 15) is 9.59 Å². The highest BCUT2D eigenvalue weighted by Gasteiger charge is 2.30. The lowest BCUT2D eigenvalue weighted by Gasteiger charge is -2.12. The highest BCUT2D eigenvalue weighted by molar-refractivity contribution is 7.17. The Bertz CT molecular complexity index is 1080. The van der Waals surface area contributed by atoms with Crippen LogP contribution in [-0.4, -0.2) is 44.2 Å². The standard InChI is InChI=1S/C21H28N6O3S/c1-4-7-22-21(29)30-16-6-5-14(8-16)17-10-18(26-25-17)24-19(28)9-15-11-27-12(2)13(3)31-20(27)23-15/h10-11,14,16H,4-9H2,1-3H3,(H,22,29)(H2,24,25,26,28)/t14-,16?/m1/s1. The van der Waals surface area contributed by atoms with Gasteiger partial charge in [-0.15, -0.1) is 11.3 Å². The molecule has 1 aliphatic rings. The topological polar surface area (TPSA) is 113 Å². The molecule has 3 aromatic rings. The van der Waals surface area contributed by atoms with Crippen LogP contribution in [0.3, 0.4) is 0 Å². The molecule has 1 fully saturated rings. The van der Waals surface area contributed by atoms with Crippen molar-refractivity contribution >= 4 is 34.1 Å². The minimum atomic E-state index is -0.352. The third-order valence-electron chi connectivity index (χ3n) is 5.66. The monoisotopic (exact) mass is 444 g/mol. The van der Waals surface area contributed by atoms with Gasteiger partial charge in [-0.05, 0) is 39.5 Å². The molecule has 0 radical (unpaired) electrons. The Morgan fingerprint density at radius 1 is 1.35 bits per heavy atom.